The standard InChI is InChI=1S/C14H25N3O4/c1-3-9-4-6-10(7-5-9)17(2)14(21)16-11(13(19)20)8-12(15)18/h9-11H,3-8H2,1-2H3,(H2,15,18)(H,16,21)(H,19,20)/t9?,10?,11-/m1/s1. The van der Waals surface area contributed by atoms with Gasteiger partial charge in [-0.3, -0.25) is 4.79 Å². The molecule has 0 heterocycles. The molecule has 21 heavy (non-hydrogen) atoms. The molecule has 0 bridgehead atoms. The first kappa shape index (κ1) is 17.3. The Kier molecular flexibility index (Phi) is 6.45. The van der Waals surface area contributed by atoms with Crippen LogP contribution in [0.2, 0.25) is 0 Å². The van der Waals surface area contributed by atoms with Gasteiger partial charge < -0.3 is 21.1 Å². The molecule has 1 aliphatic rings. The Morgan fingerprint density at radius 3 is 2.29 bits per heavy atom. The van der Waals surface area contributed by atoms with Gasteiger partial charge in [0.05, 0.1) is 6.42 Å². The maximum atomic E-state index is 12.1. The van der Waals surface area contributed by atoms with Gasteiger partial charge in [0.1, 0.15) is 6.04 Å². The molecule has 1 atom stereocenters. The van der Waals surface area contributed by atoms with Gasteiger partial charge in [0.15, 0.2) is 0 Å². The van der Waals surface area contributed by atoms with Crippen LogP contribution in [0, 0.1) is 5.92 Å². The molecule has 0 aromatic heterocycles. The lowest BCUT2D eigenvalue weighted by Crippen LogP contribution is -2.51. The van der Waals surface area contributed by atoms with Crippen LogP contribution >= 0.6 is 0 Å². The van der Waals surface area contributed by atoms with E-state index in [0.717, 1.165) is 38.0 Å². The smallest absolute Gasteiger partial charge is 0.326 e. The molecule has 4 N–H and O–H groups in total. The number of amides is 3. The molecule has 1 fully saturated rings. The monoisotopic (exact) mass is 299 g/mol. The van der Waals surface area contributed by atoms with Gasteiger partial charge in [-0.2, -0.15) is 0 Å². The molecule has 0 unspecified atom stereocenters. The zero-order valence-electron chi connectivity index (χ0n) is 12.7. The first-order valence-electron chi connectivity index (χ1n) is 7.39. The van der Waals surface area contributed by atoms with Gasteiger partial charge in [-0.25, -0.2) is 9.59 Å². The number of carbonyl (C=O) groups is 3. The van der Waals surface area contributed by atoms with Gasteiger partial charge in [0.25, 0.3) is 0 Å². The highest BCUT2D eigenvalue weighted by molar-refractivity contribution is 5.87. The van der Waals surface area contributed by atoms with Gasteiger partial charge in [-0.15, -0.1) is 0 Å². The minimum atomic E-state index is -1.27. The highest BCUT2D eigenvalue weighted by Gasteiger charge is 2.29. The van der Waals surface area contributed by atoms with E-state index in [9.17, 15) is 14.4 Å². The number of carboxylic acids is 1. The molecule has 1 saturated carbocycles. The number of nitrogens with one attached hydrogen (secondary N) is 1. The van der Waals surface area contributed by atoms with Crippen molar-refractivity contribution in [1.82, 2.24) is 10.2 Å². The van der Waals surface area contributed by atoms with Crippen molar-refractivity contribution in [3.05, 3.63) is 0 Å². The third kappa shape index (κ3) is 5.24. The second-order valence-electron chi connectivity index (χ2n) is 5.70. The molecular weight excluding hydrogens is 274 g/mol. The number of nitrogens with two attached hydrogens (primary N) is 1. The summed E-state index contributed by atoms with van der Waals surface area (Å²) in [5.74, 6) is -1.29. The molecule has 0 aromatic carbocycles. The van der Waals surface area contributed by atoms with Crippen LogP contribution < -0.4 is 11.1 Å². The molecule has 0 saturated heterocycles. The van der Waals surface area contributed by atoms with E-state index < -0.39 is 30.4 Å². The first-order valence-corrected chi connectivity index (χ1v) is 7.39. The van der Waals surface area contributed by atoms with Crippen LogP contribution in [0.5, 0.6) is 0 Å². The maximum absolute atomic E-state index is 12.1. The van der Waals surface area contributed by atoms with Crippen molar-refractivity contribution in [1.29, 1.82) is 0 Å². The van der Waals surface area contributed by atoms with E-state index >= 15 is 0 Å². The molecule has 1 aliphatic carbocycles. The first-order chi connectivity index (χ1) is 9.85. The van der Waals surface area contributed by atoms with Crippen LogP contribution in [0.15, 0.2) is 0 Å². The summed E-state index contributed by atoms with van der Waals surface area (Å²) >= 11 is 0. The molecule has 0 spiro atoms. The average Bonchev–Trinajstić information content (AvgIpc) is 2.45. The van der Waals surface area contributed by atoms with Gasteiger partial charge in [-0.05, 0) is 31.6 Å². The van der Waals surface area contributed by atoms with Crippen LogP contribution in [0.25, 0.3) is 0 Å². The summed E-state index contributed by atoms with van der Waals surface area (Å²) in [7, 11) is 1.66. The van der Waals surface area contributed by atoms with Gasteiger partial charge in [-0.1, -0.05) is 13.3 Å². The van der Waals surface area contributed by atoms with Crippen molar-refractivity contribution in [3.8, 4) is 0 Å². The minimum absolute atomic E-state index is 0.121. The summed E-state index contributed by atoms with van der Waals surface area (Å²) < 4.78 is 0. The second-order valence-corrected chi connectivity index (χ2v) is 5.70. The number of hydrogen-bond donors (Lipinski definition) is 3. The summed E-state index contributed by atoms with van der Waals surface area (Å²) in [6.45, 7) is 2.17. The zero-order valence-corrected chi connectivity index (χ0v) is 12.7. The van der Waals surface area contributed by atoms with Crippen LogP contribution in [0.1, 0.15) is 45.4 Å². The lowest BCUT2D eigenvalue weighted by Gasteiger charge is -2.34. The molecule has 120 valence electrons. The van der Waals surface area contributed by atoms with Crippen LogP contribution in [-0.2, 0) is 9.59 Å². The van der Waals surface area contributed by atoms with E-state index in [0.29, 0.717) is 0 Å². The molecule has 7 heteroatoms. The molecule has 0 radical (unpaired) electrons. The van der Waals surface area contributed by atoms with E-state index in [-0.39, 0.29) is 6.04 Å². The molecule has 0 aromatic rings. The fraction of sp³-hybridized carbons (Fsp3) is 0.786. The normalized spacial score (nSPS) is 23.1. The van der Waals surface area contributed by atoms with Crippen molar-refractivity contribution in [3.63, 3.8) is 0 Å². The fourth-order valence-corrected chi connectivity index (χ4v) is 2.76. The third-order valence-corrected chi connectivity index (χ3v) is 4.26. The van der Waals surface area contributed by atoms with E-state index in [1.807, 2.05) is 0 Å². The summed E-state index contributed by atoms with van der Waals surface area (Å²) in [4.78, 5) is 35.5. The zero-order chi connectivity index (χ0) is 16.0. The van der Waals surface area contributed by atoms with Crippen molar-refractivity contribution in [2.45, 2.75) is 57.5 Å². The Morgan fingerprint density at radius 2 is 1.86 bits per heavy atom. The van der Waals surface area contributed by atoms with Crippen LogP contribution in [0.4, 0.5) is 4.79 Å². The summed E-state index contributed by atoms with van der Waals surface area (Å²) in [5, 5.41) is 11.3. The largest absolute Gasteiger partial charge is 0.480 e. The van der Waals surface area contributed by atoms with Crippen molar-refractivity contribution < 1.29 is 19.5 Å². The Hall–Kier alpha value is -1.79. The Balaban J connectivity index is 2.53. The minimum Gasteiger partial charge on any atom is -0.480 e. The van der Waals surface area contributed by atoms with Gasteiger partial charge in [0, 0.05) is 13.1 Å². The molecule has 7 nitrogen and oxygen atoms in total. The number of rotatable bonds is 6. The summed E-state index contributed by atoms with van der Waals surface area (Å²) in [6, 6.07) is -1.62. The van der Waals surface area contributed by atoms with Gasteiger partial charge in [0.2, 0.25) is 5.91 Å². The third-order valence-electron chi connectivity index (χ3n) is 4.26. The predicted octanol–water partition coefficient (Wildman–Crippen LogP) is 0.925. The van der Waals surface area contributed by atoms with E-state index in [2.05, 4.69) is 12.2 Å². The number of aliphatic carboxylic acids is 1. The molecular formula is C14H25N3O4. The van der Waals surface area contributed by atoms with E-state index in [1.54, 1.807) is 11.9 Å². The topological polar surface area (TPSA) is 113 Å². The van der Waals surface area contributed by atoms with Crippen LogP contribution in [-0.4, -0.2) is 47.0 Å². The molecule has 3 amide bonds. The Labute approximate surface area is 124 Å². The number of carbonyl (C=O) groups excluding carboxylic acids is 2. The highest BCUT2D eigenvalue weighted by Crippen LogP contribution is 2.28. The summed E-state index contributed by atoms with van der Waals surface area (Å²) in [5.41, 5.74) is 4.99. The lowest BCUT2D eigenvalue weighted by atomic mass is 9.84. The van der Waals surface area contributed by atoms with Crippen molar-refractivity contribution in [2.75, 3.05) is 7.05 Å². The quantitative estimate of drug-likeness (QED) is 0.677. The van der Waals surface area contributed by atoms with E-state index in [1.165, 1.54) is 0 Å². The van der Waals surface area contributed by atoms with E-state index in [4.69, 9.17) is 10.8 Å². The fourth-order valence-electron chi connectivity index (χ4n) is 2.76. The average molecular weight is 299 g/mol. The predicted molar refractivity (Wildman–Crippen MR) is 77.6 cm³/mol. The number of primary amides is 1. The summed E-state index contributed by atoms with van der Waals surface area (Å²) in [6.07, 6.45) is 4.77. The second kappa shape index (κ2) is 7.85. The van der Waals surface area contributed by atoms with Gasteiger partial charge >= 0.3 is 12.0 Å². The van der Waals surface area contributed by atoms with Crippen LogP contribution in [0.3, 0.4) is 0 Å². The number of urea groups is 1. The van der Waals surface area contributed by atoms with Crippen molar-refractivity contribution >= 4 is 17.9 Å². The maximum Gasteiger partial charge on any atom is 0.326 e. The molecule has 1 rings (SSSR count). The Bertz CT molecular complexity index is 392. The highest BCUT2D eigenvalue weighted by atomic mass is 16.4. The number of nitrogens with zero attached hydrogens (tertiary/aromatic N) is 1. The lowest BCUT2D eigenvalue weighted by molar-refractivity contribution is -0.141. The number of hydrogen-bond acceptors (Lipinski definition) is 3. The molecule has 0 aliphatic heterocycles. The van der Waals surface area contributed by atoms with Crippen molar-refractivity contribution in [2.24, 2.45) is 11.7 Å². The SMILES string of the molecule is CCC1CCC(N(C)C(=O)N[C@H](CC(N)=O)C(=O)O)CC1. The Morgan fingerprint density at radius 1 is 1.29 bits per heavy atom. The number of carboxylic acid groups (broad SMARTS) is 1.